The molecule has 0 aliphatic carbocycles. The van der Waals surface area contributed by atoms with Crippen LogP contribution in [0.5, 0.6) is 11.5 Å². The van der Waals surface area contributed by atoms with E-state index in [0.29, 0.717) is 28.3 Å². The second-order valence-electron chi connectivity index (χ2n) is 7.37. The lowest BCUT2D eigenvalue weighted by molar-refractivity contribution is -0.121. The van der Waals surface area contributed by atoms with E-state index < -0.39 is 5.69 Å². The molecule has 4 aromatic rings. The van der Waals surface area contributed by atoms with Crippen LogP contribution in [-0.2, 0) is 24.4 Å². The number of benzene rings is 2. The van der Waals surface area contributed by atoms with Gasteiger partial charge in [-0.1, -0.05) is 24.3 Å². The van der Waals surface area contributed by atoms with Crippen molar-refractivity contribution >= 4 is 27.5 Å². The van der Waals surface area contributed by atoms with Crippen LogP contribution in [0.25, 0.3) is 10.2 Å². The van der Waals surface area contributed by atoms with Gasteiger partial charge < -0.3 is 14.8 Å². The fourth-order valence-electron chi connectivity index (χ4n) is 3.56. The number of aromatic nitrogens is 2. The molecule has 33 heavy (non-hydrogen) atoms. The van der Waals surface area contributed by atoms with Crippen molar-refractivity contribution in [3.63, 3.8) is 0 Å². The normalized spacial score (nSPS) is 10.8. The van der Waals surface area contributed by atoms with Crippen LogP contribution in [-0.4, -0.2) is 29.3 Å². The first kappa shape index (κ1) is 22.3. The number of carbonyl (C=O) groups is 1. The molecular formula is C24H23N3O5S. The van der Waals surface area contributed by atoms with Crippen molar-refractivity contribution in [2.45, 2.75) is 19.6 Å². The number of thiophene rings is 1. The van der Waals surface area contributed by atoms with Gasteiger partial charge in [0.25, 0.3) is 5.56 Å². The Labute approximate surface area is 193 Å². The minimum Gasteiger partial charge on any atom is -0.497 e. The topological polar surface area (TPSA) is 91.6 Å². The number of nitrogens with zero attached hydrogens (tertiary/aromatic N) is 2. The minimum atomic E-state index is -0.537. The number of rotatable bonds is 8. The predicted octanol–water partition coefficient (Wildman–Crippen LogP) is 2.61. The molecule has 1 amide bonds. The molecule has 2 aromatic heterocycles. The summed E-state index contributed by atoms with van der Waals surface area (Å²) in [7, 11) is 3.14. The zero-order chi connectivity index (χ0) is 23.4. The summed E-state index contributed by atoms with van der Waals surface area (Å²) in [6.45, 7) is 0.170. The number of hydrogen-bond donors (Lipinski definition) is 1. The maximum absolute atomic E-state index is 13.3. The molecule has 0 saturated heterocycles. The number of fused-ring (bicyclic) bond motifs is 1. The van der Waals surface area contributed by atoms with Gasteiger partial charge in [-0.3, -0.25) is 18.7 Å². The highest BCUT2D eigenvalue weighted by Crippen LogP contribution is 2.17. The first-order chi connectivity index (χ1) is 16.0. The van der Waals surface area contributed by atoms with E-state index >= 15 is 0 Å². The average molecular weight is 466 g/mol. The van der Waals surface area contributed by atoms with E-state index in [4.69, 9.17) is 9.47 Å². The van der Waals surface area contributed by atoms with Gasteiger partial charge in [0.2, 0.25) is 5.91 Å². The van der Waals surface area contributed by atoms with Crippen LogP contribution in [0.15, 0.2) is 69.6 Å². The summed E-state index contributed by atoms with van der Waals surface area (Å²) in [5.41, 5.74) is 1.16. The molecule has 8 nitrogen and oxygen atoms in total. The number of nitrogens with one attached hydrogen (secondary N) is 1. The van der Waals surface area contributed by atoms with Gasteiger partial charge in [-0.25, -0.2) is 4.79 Å². The van der Waals surface area contributed by atoms with Gasteiger partial charge in [0, 0.05) is 6.54 Å². The third kappa shape index (κ3) is 4.83. The van der Waals surface area contributed by atoms with Gasteiger partial charge >= 0.3 is 5.69 Å². The summed E-state index contributed by atoms with van der Waals surface area (Å²) in [6, 6.07) is 16.2. The maximum atomic E-state index is 13.3. The van der Waals surface area contributed by atoms with E-state index in [1.54, 1.807) is 43.9 Å². The summed E-state index contributed by atoms with van der Waals surface area (Å²) in [5.74, 6) is 0.997. The fourth-order valence-corrected chi connectivity index (χ4v) is 4.40. The molecular weight excluding hydrogens is 442 g/mol. The molecule has 170 valence electrons. The molecule has 0 bridgehead atoms. The summed E-state index contributed by atoms with van der Waals surface area (Å²) in [4.78, 5) is 38.9. The Balaban J connectivity index is 1.61. The molecule has 0 atom stereocenters. The second kappa shape index (κ2) is 9.74. The average Bonchev–Trinajstić information content (AvgIpc) is 3.33. The van der Waals surface area contributed by atoms with E-state index in [1.807, 2.05) is 30.3 Å². The molecule has 0 radical (unpaired) electrons. The molecule has 2 aromatic carbocycles. The Morgan fingerprint density at radius 3 is 2.30 bits per heavy atom. The third-order valence-electron chi connectivity index (χ3n) is 5.24. The zero-order valence-corrected chi connectivity index (χ0v) is 19.1. The van der Waals surface area contributed by atoms with Crippen molar-refractivity contribution in [2.24, 2.45) is 0 Å². The number of carbonyl (C=O) groups excluding carboxylic acids is 1. The van der Waals surface area contributed by atoms with Crippen molar-refractivity contribution in [3.8, 4) is 11.5 Å². The lowest BCUT2D eigenvalue weighted by atomic mass is 10.2. The van der Waals surface area contributed by atoms with Crippen LogP contribution in [0.4, 0.5) is 0 Å². The molecule has 0 aliphatic rings. The molecule has 9 heteroatoms. The highest BCUT2D eigenvalue weighted by atomic mass is 32.1. The first-order valence-corrected chi connectivity index (χ1v) is 11.1. The molecule has 0 aliphatic heterocycles. The Hall–Kier alpha value is -3.85. The van der Waals surface area contributed by atoms with Gasteiger partial charge in [-0.15, -0.1) is 11.3 Å². The van der Waals surface area contributed by atoms with Crippen LogP contribution in [0, 0.1) is 0 Å². The van der Waals surface area contributed by atoms with Gasteiger partial charge in [-0.05, 0) is 46.8 Å². The third-order valence-corrected chi connectivity index (χ3v) is 6.13. The molecule has 0 fully saturated rings. The van der Waals surface area contributed by atoms with E-state index in [9.17, 15) is 14.4 Å². The van der Waals surface area contributed by atoms with E-state index in [2.05, 4.69) is 5.32 Å². The zero-order valence-electron chi connectivity index (χ0n) is 18.2. The standard InChI is InChI=1S/C24H23N3O5S/c1-31-18-7-3-5-16(11-18)13-25-21(28)15-26-20-9-10-33-22(20)23(29)27(24(26)30)14-17-6-4-8-19(12-17)32-2/h3-12H,13-15H2,1-2H3,(H,25,28). The van der Waals surface area contributed by atoms with Crippen molar-refractivity contribution in [3.05, 3.63) is 91.9 Å². The highest BCUT2D eigenvalue weighted by molar-refractivity contribution is 7.17. The summed E-state index contributed by atoms with van der Waals surface area (Å²) in [5, 5.41) is 4.57. The van der Waals surface area contributed by atoms with E-state index in [0.717, 1.165) is 15.7 Å². The molecule has 1 N–H and O–H groups in total. The van der Waals surface area contributed by atoms with Gasteiger partial charge in [0.05, 0.1) is 26.3 Å². The maximum Gasteiger partial charge on any atom is 0.332 e. The quantitative estimate of drug-likeness (QED) is 0.432. The molecule has 4 rings (SSSR count). The number of hydrogen-bond acceptors (Lipinski definition) is 6. The smallest absolute Gasteiger partial charge is 0.332 e. The Kier molecular flexibility index (Phi) is 6.60. The lowest BCUT2D eigenvalue weighted by Gasteiger charge is -2.13. The molecule has 2 heterocycles. The summed E-state index contributed by atoms with van der Waals surface area (Å²) in [6.07, 6.45) is 0. The predicted molar refractivity (Wildman–Crippen MR) is 127 cm³/mol. The first-order valence-electron chi connectivity index (χ1n) is 10.2. The van der Waals surface area contributed by atoms with Crippen molar-refractivity contribution in [1.29, 1.82) is 0 Å². The Bertz CT molecular complexity index is 1420. The lowest BCUT2D eigenvalue weighted by Crippen LogP contribution is -2.42. The van der Waals surface area contributed by atoms with Crippen LogP contribution in [0.3, 0.4) is 0 Å². The Morgan fingerprint density at radius 2 is 1.61 bits per heavy atom. The van der Waals surface area contributed by atoms with E-state index in [-0.39, 0.29) is 24.6 Å². The number of methoxy groups -OCH3 is 2. The summed E-state index contributed by atoms with van der Waals surface area (Å²) < 4.78 is 13.4. The number of ether oxygens (including phenoxy) is 2. The Morgan fingerprint density at radius 1 is 0.939 bits per heavy atom. The van der Waals surface area contributed by atoms with Gasteiger partial charge in [0.15, 0.2) is 0 Å². The number of amides is 1. The summed E-state index contributed by atoms with van der Waals surface area (Å²) >= 11 is 1.25. The highest BCUT2D eigenvalue weighted by Gasteiger charge is 2.17. The monoisotopic (exact) mass is 465 g/mol. The minimum absolute atomic E-state index is 0.0775. The SMILES string of the molecule is COc1cccc(CNC(=O)Cn2c(=O)n(Cc3cccc(OC)c3)c(=O)c3sccc32)c1. The largest absolute Gasteiger partial charge is 0.497 e. The van der Waals surface area contributed by atoms with Crippen LogP contribution in [0.1, 0.15) is 11.1 Å². The van der Waals surface area contributed by atoms with Gasteiger partial charge in [0.1, 0.15) is 22.7 Å². The van der Waals surface area contributed by atoms with Crippen molar-refractivity contribution in [2.75, 3.05) is 14.2 Å². The fraction of sp³-hybridized carbons (Fsp3) is 0.208. The van der Waals surface area contributed by atoms with Crippen molar-refractivity contribution < 1.29 is 14.3 Å². The molecule has 0 unspecified atom stereocenters. The second-order valence-corrected chi connectivity index (χ2v) is 8.29. The van der Waals surface area contributed by atoms with Crippen LogP contribution >= 0.6 is 11.3 Å². The van der Waals surface area contributed by atoms with E-state index in [1.165, 1.54) is 15.9 Å². The molecule has 0 spiro atoms. The van der Waals surface area contributed by atoms with Crippen molar-refractivity contribution in [1.82, 2.24) is 14.5 Å². The molecule has 0 saturated carbocycles. The van der Waals surface area contributed by atoms with Crippen LogP contribution in [0.2, 0.25) is 0 Å². The van der Waals surface area contributed by atoms with Gasteiger partial charge in [-0.2, -0.15) is 0 Å². The van der Waals surface area contributed by atoms with Crippen LogP contribution < -0.4 is 26.0 Å².